The molecule has 0 aliphatic carbocycles. The van der Waals surface area contributed by atoms with Crippen LogP contribution in [0.3, 0.4) is 0 Å². The molecule has 0 saturated carbocycles. The van der Waals surface area contributed by atoms with Crippen LogP contribution in [-0.2, 0) is 6.54 Å². The summed E-state index contributed by atoms with van der Waals surface area (Å²) in [7, 11) is 0. The van der Waals surface area contributed by atoms with Crippen LogP contribution in [-0.4, -0.2) is 24.4 Å². The van der Waals surface area contributed by atoms with Gasteiger partial charge >= 0.3 is 0 Å². The predicted octanol–water partition coefficient (Wildman–Crippen LogP) is 1.84. The second kappa shape index (κ2) is 8.51. The average molecular weight is 248 g/mol. The summed E-state index contributed by atoms with van der Waals surface area (Å²) in [4.78, 5) is 0. The summed E-state index contributed by atoms with van der Waals surface area (Å²) in [6.45, 7) is 3.46. The van der Waals surface area contributed by atoms with Gasteiger partial charge in [-0.15, -0.1) is 0 Å². The first-order chi connectivity index (χ1) is 8.76. The number of aliphatic hydroxyl groups is 1. The van der Waals surface area contributed by atoms with E-state index in [1.165, 1.54) is 0 Å². The number of aliphatic hydroxyl groups excluding tert-OH is 1. The minimum Gasteiger partial charge on any atom is -0.479 e. The number of nitriles is 1. The van der Waals surface area contributed by atoms with Crippen molar-refractivity contribution >= 4 is 0 Å². The summed E-state index contributed by atoms with van der Waals surface area (Å²) in [5.41, 5.74) is 1.13. The maximum atomic E-state index is 9.56. The van der Waals surface area contributed by atoms with Crippen LogP contribution in [0.1, 0.15) is 25.3 Å². The van der Waals surface area contributed by atoms with Crippen LogP contribution in [0.5, 0.6) is 5.75 Å². The smallest absolute Gasteiger partial charge is 0.174 e. The second-order valence-corrected chi connectivity index (χ2v) is 4.16. The molecule has 0 saturated heterocycles. The third-order valence-electron chi connectivity index (χ3n) is 2.56. The Labute approximate surface area is 108 Å². The van der Waals surface area contributed by atoms with Gasteiger partial charge in [0, 0.05) is 13.1 Å². The van der Waals surface area contributed by atoms with E-state index in [0.717, 1.165) is 24.9 Å². The van der Waals surface area contributed by atoms with Crippen LogP contribution in [0.4, 0.5) is 0 Å². The molecule has 4 heteroatoms. The maximum Gasteiger partial charge on any atom is 0.174 e. The Hall–Kier alpha value is -1.57. The van der Waals surface area contributed by atoms with Gasteiger partial charge in [0.05, 0.1) is 6.10 Å². The Morgan fingerprint density at radius 1 is 1.39 bits per heavy atom. The molecule has 0 aromatic heterocycles. The minimum absolute atomic E-state index is 0.0702. The minimum atomic E-state index is -0.270. The van der Waals surface area contributed by atoms with Gasteiger partial charge in [0.2, 0.25) is 0 Å². The van der Waals surface area contributed by atoms with Gasteiger partial charge in [-0.25, -0.2) is 0 Å². The standard InChI is InChI=1S/C14H20N2O2/c1-2-3-13(17)11-16-10-12-4-6-14(7-5-12)18-9-8-15/h4-7,13,16-17H,2-3,9-11H2,1H3. The van der Waals surface area contributed by atoms with Crippen molar-refractivity contribution in [1.29, 1.82) is 5.26 Å². The molecule has 2 N–H and O–H groups in total. The van der Waals surface area contributed by atoms with Crippen molar-refractivity contribution in [3.8, 4) is 11.8 Å². The first kappa shape index (κ1) is 14.5. The van der Waals surface area contributed by atoms with E-state index in [1.54, 1.807) is 0 Å². The van der Waals surface area contributed by atoms with Crippen molar-refractivity contribution in [1.82, 2.24) is 5.32 Å². The molecule has 1 aromatic rings. The molecule has 0 spiro atoms. The molecule has 0 heterocycles. The molecule has 18 heavy (non-hydrogen) atoms. The van der Waals surface area contributed by atoms with Crippen LogP contribution >= 0.6 is 0 Å². The fourth-order valence-electron chi connectivity index (χ4n) is 1.64. The van der Waals surface area contributed by atoms with Crippen LogP contribution in [0, 0.1) is 11.3 Å². The van der Waals surface area contributed by atoms with Crippen molar-refractivity contribution in [3.63, 3.8) is 0 Å². The van der Waals surface area contributed by atoms with E-state index in [0.29, 0.717) is 12.3 Å². The van der Waals surface area contributed by atoms with E-state index in [1.807, 2.05) is 30.3 Å². The van der Waals surface area contributed by atoms with Gasteiger partial charge in [0.1, 0.15) is 11.8 Å². The highest BCUT2D eigenvalue weighted by Gasteiger charge is 2.01. The van der Waals surface area contributed by atoms with Gasteiger partial charge in [0.25, 0.3) is 0 Å². The normalized spacial score (nSPS) is 11.8. The number of hydrogen-bond acceptors (Lipinski definition) is 4. The summed E-state index contributed by atoms with van der Waals surface area (Å²) in [6, 6.07) is 9.52. The zero-order valence-electron chi connectivity index (χ0n) is 10.7. The number of nitrogens with zero attached hydrogens (tertiary/aromatic N) is 1. The monoisotopic (exact) mass is 248 g/mol. The fraction of sp³-hybridized carbons (Fsp3) is 0.500. The largest absolute Gasteiger partial charge is 0.479 e. The molecular weight excluding hydrogens is 228 g/mol. The van der Waals surface area contributed by atoms with E-state index in [2.05, 4.69) is 12.2 Å². The lowest BCUT2D eigenvalue weighted by Gasteiger charge is -2.10. The SMILES string of the molecule is CCCC(O)CNCc1ccc(OCC#N)cc1. The molecule has 0 amide bonds. The van der Waals surface area contributed by atoms with E-state index >= 15 is 0 Å². The first-order valence-electron chi connectivity index (χ1n) is 6.23. The molecule has 1 aromatic carbocycles. The van der Waals surface area contributed by atoms with E-state index in [-0.39, 0.29) is 12.7 Å². The van der Waals surface area contributed by atoms with E-state index in [9.17, 15) is 5.11 Å². The second-order valence-electron chi connectivity index (χ2n) is 4.16. The number of ether oxygens (including phenoxy) is 1. The van der Waals surface area contributed by atoms with Gasteiger partial charge < -0.3 is 15.2 Å². The fourth-order valence-corrected chi connectivity index (χ4v) is 1.64. The van der Waals surface area contributed by atoms with Crippen LogP contribution in [0.15, 0.2) is 24.3 Å². The third-order valence-corrected chi connectivity index (χ3v) is 2.56. The molecule has 1 atom stereocenters. The molecule has 0 aliphatic rings. The van der Waals surface area contributed by atoms with Gasteiger partial charge in [-0.3, -0.25) is 0 Å². The predicted molar refractivity (Wildman–Crippen MR) is 70.2 cm³/mol. The number of nitrogens with one attached hydrogen (secondary N) is 1. The summed E-state index contributed by atoms with van der Waals surface area (Å²) in [5, 5.41) is 21.1. The van der Waals surface area contributed by atoms with Crippen molar-refractivity contribution in [2.75, 3.05) is 13.2 Å². The Kier molecular flexibility index (Phi) is 6.85. The van der Waals surface area contributed by atoms with Gasteiger partial charge in [-0.2, -0.15) is 5.26 Å². The Balaban J connectivity index is 2.29. The summed E-state index contributed by atoms with van der Waals surface area (Å²) in [6.07, 6.45) is 1.55. The Bertz CT molecular complexity index is 370. The molecule has 1 unspecified atom stereocenters. The molecule has 0 bridgehead atoms. The lowest BCUT2D eigenvalue weighted by atomic mass is 10.2. The topological polar surface area (TPSA) is 65.3 Å². The van der Waals surface area contributed by atoms with Crippen molar-refractivity contribution in [2.24, 2.45) is 0 Å². The van der Waals surface area contributed by atoms with Crippen LogP contribution in [0.2, 0.25) is 0 Å². The highest BCUT2D eigenvalue weighted by Crippen LogP contribution is 2.11. The van der Waals surface area contributed by atoms with Crippen LogP contribution < -0.4 is 10.1 Å². The van der Waals surface area contributed by atoms with Gasteiger partial charge in [-0.1, -0.05) is 25.5 Å². The maximum absolute atomic E-state index is 9.56. The molecule has 0 aliphatic heterocycles. The zero-order chi connectivity index (χ0) is 13.2. The Morgan fingerprint density at radius 3 is 2.72 bits per heavy atom. The molecule has 98 valence electrons. The highest BCUT2D eigenvalue weighted by molar-refractivity contribution is 5.27. The van der Waals surface area contributed by atoms with Crippen molar-refractivity contribution in [3.05, 3.63) is 29.8 Å². The Morgan fingerprint density at radius 2 is 2.11 bits per heavy atom. The molecule has 0 radical (unpaired) electrons. The number of benzene rings is 1. The summed E-state index contributed by atoms with van der Waals surface area (Å²) in [5.74, 6) is 0.700. The van der Waals surface area contributed by atoms with E-state index < -0.39 is 0 Å². The quantitative estimate of drug-likeness (QED) is 0.736. The lowest BCUT2D eigenvalue weighted by Crippen LogP contribution is -2.26. The van der Waals surface area contributed by atoms with Gasteiger partial charge in [-0.05, 0) is 24.1 Å². The third kappa shape index (κ3) is 5.67. The molecule has 4 nitrogen and oxygen atoms in total. The number of hydrogen-bond donors (Lipinski definition) is 2. The first-order valence-corrected chi connectivity index (χ1v) is 6.23. The van der Waals surface area contributed by atoms with Crippen molar-refractivity contribution in [2.45, 2.75) is 32.4 Å². The van der Waals surface area contributed by atoms with E-state index in [4.69, 9.17) is 10.00 Å². The van der Waals surface area contributed by atoms with Gasteiger partial charge in [0.15, 0.2) is 6.61 Å². The summed E-state index contributed by atoms with van der Waals surface area (Å²) >= 11 is 0. The highest BCUT2D eigenvalue weighted by atomic mass is 16.5. The van der Waals surface area contributed by atoms with Crippen molar-refractivity contribution < 1.29 is 9.84 Å². The average Bonchev–Trinajstić information content (AvgIpc) is 2.38. The van der Waals surface area contributed by atoms with Crippen LogP contribution in [0.25, 0.3) is 0 Å². The lowest BCUT2D eigenvalue weighted by molar-refractivity contribution is 0.160. The zero-order valence-corrected chi connectivity index (χ0v) is 10.7. The molecular formula is C14H20N2O2. The summed E-state index contributed by atoms with van der Waals surface area (Å²) < 4.78 is 5.16. The molecule has 1 rings (SSSR count). The number of rotatable bonds is 8. The molecule has 0 fully saturated rings.